The largest absolute Gasteiger partial charge is 0.446 e. The zero-order valence-electron chi connectivity index (χ0n) is 10.2. The van der Waals surface area contributed by atoms with Gasteiger partial charge in [-0.3, -0.25) is 9.35 Å². The van der Waals surface area contributed by atoms with E-state index in [1.807, 2.05) is 0 Å². The van der Waals surface area contributed by atoms with Crippen LogP contribution in [0.1, 0.15) is 15.9 Å². The topological polar surface area (TPSA) is 107 Å². The van der Waals surface area contributed by atoms with E-state index in [1.54, 1.807) is 24.3 Å². The van der Waals surface area contributed by atoms with Crippen molar-refractivity contribution in [3.8, 4) is 5.75 Å². The van der Waals surface area contributed by atoms with Gasteiger partial charge in [-0.1, -0.05) is 0 Å². The summed E-state index contributed by atoms with van der Waals surface area (Å²) in [5, 5.41) is 0. The second kappa shape index (κ2) is 5.32. The molecule has 0 heterocycles. The summed E-state index contributed by atoms with van der Waals surface area (Å²) in [7, 11) is -4.57. The lowest BCUT2D eigenvalue weighted by Crippen LogP contribution is -2.07. The van der Waals surface area contributed by atoms with Gasteiger partial charge in [0.15, 0.2) is 5.78 Å². The standard InChI is InChI=1S/C13H11NO5S/c14-11-5-1-9(2-6-11)13(15)10-3-7-12(8-4-10)19-20(16,17)18/h1-8H,14H2,(H,16,17,18). The molecule has 0 spiro atoms. The fourth-order valence-corrected chi connectivity index (χ4v) is 1.94. The average molecular weight is 293 g/mol. The summed E-state index contributed by atoms with van der Waals surface area (Å²) in [4.78, 5) is 12.1. The minimum Gasteiger partial charge on any atom is -0.399 e. The highest BCUT2D eigenvalue weighted by Gasteiger charge is 2.11. The quantitative estimate of drug-likeness (QED) is 0.504. The molecule has 0 unspecified atom stereocenters. The molecule has 0 atom stereocenters. The SMILES string of the molecule is Nc1ccc(C(=O)c2ccc(OS(=O)(=O)O)cc2)cc1. The zero-order valence-corrected chi connectivity index (χ0v) is 11.0. The Morgan fingerprint density at radius 1 is 0.950 bits per heavy atom. The van der Waals surface area contributed by atoms with Crippen LogP contribution in [0.4, 0.5) is 5.69 Å². The van der Waals surface area contributed by atoms with Crippen molar-refractivity contribution in [1.29, 1.82) is 0 Å². The Morgan fingerprint density at radius 3 is 1.85 bits per heavy atom. The van der Waals surface area contributed by atoms with Gasteiger partial charge in [0.2, 0.25) is 0 Å². The molecule has 104 valence electrons. The van der Waals surface area contributed by atoms with Crippen LogP contribution >= 0.6 is 0 Å². The van der Waals surface area contributed by atoms with Crippen LogP contribution in [-0.2, 0) is 10.4 Å². The van der Waals surface area contributed by atoms with Crippen LogP contribution in [0.3, 0.4) is 0 Å². The monoisotopic (exact) mass is 293 g/mol. The predicted octanol–water partition coefficient (Wildman–Crippen LogP) is 1.68. The van der Waals surface area contributed by atoms with Crippen molar-refractivity contribution in [2.24, 2.45) is 0 Å². The lowest BCUT2D eigenvalue weighted by atomic mass is 10.0. The van der Waals surface area contributed by atoms with Gasteiger partial charge in [-0.15, -0.1) is 0 Å². The van der Waals surface area contributed by atoms with E-state index >= 15 is 0 Å². The van der Waals surface area contributed by atoms with Crippen LogP contribution in [0.5, 0.6) is 5.75 Å². The van der Waals surface area contributed by atoms with Crippen molar-refractivity contribution in [2.75, 3.05) is 5.73 Å². The highest BCUT2D eigenvalue weighted by Crippen LogP contribution is 2.17. The van der Waals surface area contributed by atoms with Gasteiger partial charge in [-0.25, -0.2) is 0 Å². The summed E-state index contributed by atoms with van der Waals surface area (Å²) < 4.78 is 33.8. The van der Waals surface area contributed by atoms with Crippen molar-refractivity contribution in [2.45, 2.75) is 0 Å². The number of carbonyl (C=O) groups is 1. The molecule has 0 saturated heterocycles. The zero-order chi connectivity index (χ0) is 14.8. The molecule has 0 amide bonds. The number of anilines is 1. The van der Waals surface area contributed by atoms with E-state index < -0.39 is 10.4 Å². The molecule has 2 rings (SSSR count). The Balaban J connectivity index is 2.21. The molecule has 2 aromatic rings. The Hall–Kier alpha value is -2.38. The summed E-state index contributed by atoms with van der Waals surface area (Å²) in [6, 6.07) is 11.8. The van der Waals surface area contributed by atoms with Gasteiger partial charge in [-0.2, -0.15) is 8.42 Å². The first-order valence-corrected chi connectivity index (χ1v) is 6.89. The second-order valence-corrected chi connectivity index (χ2v) is 5.01. The third-order valence-corrected chi connectivity index (χ3v) is 2.89. The summed E-state index contributed by atoms with van der Waals surface area (Å²) in [5.41, 5.74) is 6.91. The Bertz CT molecular complexity index is 720. The second-order valence-electron chi connectivity index (χ2n) is 3.99. The Kier molecular flexibility index (Phi) is 3.73. The molecule has 0 fully saturated rings. The lowest BCUT2D eigenvalue weighted by Gasteiger charge is -2.04. The predicted molar refractivity (Wildman–Crippen MR) is 72.9 cm³/mol. The molecule has 6 nitrogen and oxygen atoms in total. The number of carbonyl (C=O) groups excluding carboxylic acids is 1. The first-order valence-electron chi connectivity index (χ1n) is 5.52. The smallest absolute Gasteiger partial charge is 0.399 e. The first kappa shape index (κ1) is 14.0. The van der Waals surface area contributed by atoms with Gasteiger partial charge < -0.3 is 9.92 Å². The molecule has 7 heteroatoms. The highest BCUT2D eigenvalue weighted by atomic mass is 32.3. The maximum absolute atomic E-state index is 12.1. The van der Waals surface area contributed by atoms with Crippen LogP contribution in [0.25, 0.3) is 0 Å². The fourth-order valence-electron chi connectivity index (χ4n) is 1.58. The number of hydrogen-bond acceptors (Lipinski definition) is 5. The molecule has 3 N–H and O–H groups in total. The van der Waals surface area contributed by atoms with Crippen LogP contribution in [0, 0.1) is 0 Å². The van der Waals surface area contributed by atoms with Crippen molar-refractivity contribution in [3.63, 3.8) is 0 Å². The Labute approximate surface area is 115 Å². The molecule has 0 bridgehead atoms. The average Bonchev–Trinajstić information content (AvgIpc) is 2.38. The minimum absolute atomic E-state index is 0.0821. The number of rotatable bonds is 4. The summed E-state index contributed by atoms with van der Waals surface area (Å²) in [6.07, 6.45) is 0. The van der Waals surface area contributed by atoms with E-state index in [9.17, 15) is 13.2 Å². The lowest BCUT2D eigenvalue weighted by molar-refractivity contribution is 0.103. The number of nitrogen functional groups attached to an aromatic ring is 1. The van der Waals surface area contributed by atoms with E-state index in [4.69, 9.17) is 10.3 Å². The molecule has 0 aliphatic carbocycles. The van der Waals surface area contributed by atoms with Crippen LogP contribution in [-0.4, -0.2) is 18.8 Å². The molecular formula is C13H11NO5S. The van der Waals surface area contributed by atoms with Gasteiger partial charge in [0.05, 0.1) is 0 Å². The summed E-state index contributed by atoms with van der Waals surface area (Å²) in [6.45, 7) is 0. The van der Waals surface area contributed by atoms with Crippen LogP contribution < -0.4 is 9.92 Å². The third-order valence-electron chi connectivity index (χ3n) is 2.49. The third kappa shape index (κ3) is 3.56. The van der Waals surface area contributed by atoms with Gasteiger partial charge in [0.1, 0.15) is 5.75 Å². The molecule has 0 aromatic heterocycles. The normalized spacial score (nSPS) is 11.1. The van der Waals surface area contributed by atoms with E-state index in [2.05, 4.69) is 4.18 Å². The van der Waals surface area contributed by atoms with Gasteiger partial charge in [0, 0.05) is 16.8 Å². The summed E-state index contributed by atoms with van der Waals surface area (Å²) in [5.74, 6) is -0.315. The van der Waals surface area contributed by atoms with E-state index in [0.717, 1.165) is 0 Å². The molecule has 2 aromatic carbocycles. The van der Waals surface area contributed by atoms with Gasteiger partial charge in [-0.05, 0) is 48.5 Å². The molecule has 0 radical (unpaired) electrons. The number of ketones is 1. The minimum atomic E-state index is -4.57. The summed E-state index contributed by atoms with van der Waals surface area (Å²) >= 11 is 0. The van der Waals surface area contributed by atoms with Crippen molar-refractivity contribution < 1.29 is 21.9 Å². The highest BCUT2D eigenvalue weighted by molar-refractivity contribution is 7.81. The number of nitrogens with two attached hydrogens (primary N) is 1. The first-order chi connectivity index (χ1) is 9.35. The fraction of sp³-hybridized carbons (Fsp3) is 0. The number of hydrogen-bond donors (Lipinski definition) is 2. The maximum Gasteiger partial charge on any atom is 0.446 e. The van der Waals surface area contributed by atoms with E-state index in [0.29, 0.717) is 16.8 Å². The molecule has 0 aliphatic heterocycles. The van der Waals surface area contributed by atoms with E-state index in [1.165, 1.54) is 24.3 Å². The van der Waals surface area contributed by atoms with Crippen molar-refractivity contribution in [3.05, 3.63) is 59.7 Å². The molecule has 20 heavy (non-hydrogen) atoms. The Morgan fingerprint density at radius 2 is 1.40 bits per heavy atom. The van der Waals surface area contributed by atoms with E-state index in [-0.39, 0.29) is 11.5 Å². The molecule has 0 aliphatic rings. The van der Waals surface area contributed by atoms with Crippen LogP contribution in [0.15, 0.2) is 48.5 Å². The van der Waals surface area contributed by atoms with Crippen LogP contribution in [0.2, 0.25) is 0 Å². The molecule has 0 saturated carbocycles. The van der Waals surface area contributed by atoms with Crippen molar-refractivity contribution >= 4 is 21.9 Å². The number of benzene rings is 2. The van der Waals surface area contributed by atoms with Gasteiger partial charge in [0.25, 0.3) is 0 Å². The molecular weight excluding hydrogens is 282 g/mol. The van der Waals surface area contributed by atoms with Crippen molar-refractivity contribution in [1.82, 2.24) is 0 Å². The van der Waals surface area contributed by atoms with Gasteiger partial charge >= 0.3 is 10.4 Å². The maximum atomic E-state index is 12.1.